The zero-order valence-corrected chi connectivity index (χ0v) is 10.7. The third-order valence-electron chi connectivity index (χ3n) is 3.46. The van der Waals surface area contributed by atoms with Crippen LogP contribution in [-0.2, 0) is 0 Å². The molecule has 2 aromatic rings. The summed E-state index contributed by atoms with van der Waals surface area (Å²) in [6, 6.07) is 14.5. The Kier molecular flexibility index (Phi) is 3.03. The molecule has 0 spiro atoms. The minimum absolute atomic E-state index is 0.279. The monoisotopic (exact) mass is 255 g/mol. The van der Waals surface area contributed by atoms with Crippen LogP contribution in [0.25, 0.3) is 0 Å². The lowest BCUT2D eigenvalue weighted by molar-refractivity contribution is 0.475. The largest absolute Gasteiger partial charge is 0.508 e. The summed E-state index contributed by atoms with van der Waals surface area (Å²) in [6.45, 7) is 0.982. The van der Waals surface area contributed by atoms with E-state index in [1.54, 1.807) is 24.3 Å². The molecule has 0 aliphatic heterocycles. The fourth-order valence-corrected chi connectivity index (χ4v) is 2.18. The van der Waals surface area contributed by atoms with E-state index in [9.17, 15) is 10.2 Å². The second kappa shape index (κ2) is 4.84. The molecule has 0 aromatic heterocycles. The average molecular weight is 255 g/mol. The molecule has 1 fully saturated rings. The van der Waals surface area contributed by atoms with Crippen LogP contribution in [0.15, 0.2) is 48.5 Å². The minimum Gasteiger partial charge on any atom is -0.508 e. The number of anilines is 2. The van der Waals surface area contributed by atoms with Gasteiger partial charge < -0.3 is 15.1 Å². The van der Waals surface area contributed by atoms with Crippen molar-refractivity contribution in [1.82, 2.24) is 0 Å². The van der Waals surface area contributed by atoms with Gasteiger partial charge in [-0.2, -0.15) is 0 Å². The van der Waals surface area contributed by atoms with Gasteiger partial charge in [0, 0.05) is 17.9 Å². The summed E-state index contributed by atoms with van der Waals surface area (Å²) >= 11 is 0. The summed E-state index contributed by atoms with van der Waals surface area (Å²) in [5.41, 5.74) is 2.13. The van der Waals surface area contributed by atoms with Crippen LogP contribution in [0.1, 0.15) is 12.8 Å². The van der Waals surface area contributed by atoms with E-state index in [0.717, 1.165) is 23.8 Å². The summed E-state index contributed by atoms with van der Waals surface area (Å²) in [5, 5.41) is 18.8. The molecule has 0 heterocycles. The van der Waals surface area contributed by atoms with Gasteiger partial charge in [0.25, 0.3) is 0 Å². The molecule has 3 nitrogen and oxygen atoms in total. The van der Waals surface area contributed by atoms with Gasteiger partial charge in [0.15, 0.2) is 0 Å². The van der Waals surface area contributed by atoms with Gasteiger partial charge in [-0.25, -0.2) is 0 Å². The van der Waals surface area contributed by atoms with E-state index in [1.807, 2.05) is 24.3 Å². The molecule has 1 saturated carbocycles. The smallest absolute Gasteiger partial charge is 0.115 e. The van der Waals surface area contributed by atoms with E-state index >= 15 is 0 Å². The van der Waals surface area contributed by atoms with Crippen LogP contribution in [0.2, 0.25) is 0 Å². The van der Waals surface area contributed by atoms with Crippen molar-refractivity contribution in [3.63, 3.8) is 0 Å². The Hall–Kier alpha value is -2.16. The number of hydrogen-bond donors (Lipinski definition) is 2. The van der Waals surface area contributed by atoms with Crippen molar-refractivity contribution < 1.29 is 10.2 Å². The van der Waals surface area contributed by atoms with Gasteiger partial charge in [-0.3, -0.25) is 0 Å². The van der Waals surface area contributed by atoms with E-state index < -0.39 is 0 Å². The molecule has 0 unspecified atom stereocenters. The Morgan fingerprint density at radius 1 is 0.789 bits per heavy atom. The molecule has 0 atom stereocenters. The first kappa shape index (κ1) is 11.9. The summed E-state index contributed by atoms with van der Waals surface area (Å²) in [4.78, 5) is 2.23. The van der Waals surface area contributed by atoms with Crippen LogP contribution in [0, 0.1) is 5.92 Å². The number of rotatable bonds is 4. The molecule has 98 valence electrons. The fourth-order valence-electron chi connectivity index (χ4n) is 2.18. The molecule has 1 aliphatic carbocycles. The van der Waals surface area contributed by atoms with Crippen molar-refractivity contribution in [2.45, 2.75) is 12.8 Å². The summed E-state index contributed by atoms with van der Waals surface area (Å²) in [5.74, 6) is 1.31. The molecular weight excluding hydrogens is 238 g/mol. The molecule has 0 saturated heterocycles. The number of nitrogens with zero attached hydrogens (tertiary/aromatic N) is 1. The van der Waals surface area contributed by atoms with E-state index in [0.29, 0.717) is 0 Å². The third kappa shape index (κ3) is 2.81. The third-order valence-corrected chi connectivity index (χ3v) is 3.46. The first-order valence-electron chi connectivity index (χ1n) is 6.58. The lowest BCUT2D eigenvalue weighted by Crippen LogP contribution is -2.19. The Bertz CT molecular complexity index is 498. The topological polar surface area (TPSA) is 43.7 Å². The van der Waals surface area contributed by atoms with E-state index in [4.69, 9.17) is 0 Å². The van der Waals surface area contributed by atoms with Crippen LogP contribution in [0.5, 0.6) is 11.5 Å². The maximum atomic E-state index is 9.39. The van der Waals surface area contributed by atoms with Gasteiger partial charge in [0.2, 0.25) is 0 Å². The molecule has 1 aliphatic rings. The van der Waals surface area contributed by atoms with Crippen LogP contribution in [0.4, 0.5) is 11.4 Å². The van der Waals surface area contributed by atoms with E-state index in [2.05, 4.69) is 4.90 Å². The van der Waals surface area contributed by atoms with Crippen molar-refractivity contribution in [1.29, 1.82) is 0 Å². The van der Waals surface area contributed by atoms with Crippen molar-refractivity contribution >= 4 is 11.4 Å². The zero-order chi connectivity index (χ0) is 13.2. The lowest BCUT2D eigenvalue weighted by Gasteiger charge is -2.25. The molecule has 0 radical (unpaired) electrons. The van der Waals surface area contributed by atoms with Crippen LogP contribution in [-0.4, -0.2) is 16.8 Å². The first-order chi connectivity index (χ1) is 9.22. The second-order valence-corrected chi connectivity index (χ2v) is 5.09. The maximum absolute atomic E-state index is 9.39. The standard InChI is InChI=1S/C16H17NO2/c18-15-7-3-13(4-8-15)17(11-12-1-2-12)14-5-9-16(19)10-6-14/h3-10,12,18-19H,1-2,11H2. The second-order valence-electron chi connectivity index (χ2n) is 5.09. The van der Waals surface area contributed by atoms with Crippen molar-refractivity contribution in [2.24, 2.45) is 5.92 Å². The molecular formula is C16H17NO2. The predicted octanol–water partition coefficient (Wildman–Crippen LogP) is 3.65. The normalized spacial score (nSPS) is 14.3. The van der Waals surface area contributed by atoms with Gasteiger partial charge >= 0.3 is 0 Å². The van der Waals surface area contributed by atoms with E-state index in [1.165, 1.54) is 12.8 Å². The summed E-state index contributed by atoms with van der Waals surface area (Å²) in [6.07, 6.45) is 2.57. The van der Waals surface area contributed by atoms with Gasteiger partial charge in [-0.1, -0.05) is 0 Å². The average Bonchev–Trinajstić information content (AvgIpc) is 3.22. The van der Waals surface area contributed by atoms with Gasteiger partial charge in [0.05, 0.1) is 0 Å². The fraction of sp³-hybridized carbons (Fsp3) is 0.250. The molecule has 0 bridgehead atoms. The molecule has 3 rings (SSSR count). The van der Waals surface area contributed by atoms with E-state index in [-0.39, 0.29) is 11.5 Å². The van der Waals surface area contributed by atoms with Gasteiger partial charge in [-0.05, 0) is 67.3 Å². The van der Waals surface area contributed by atoms with Gasteiger partial charge in [0.1, 0.15) is 11.5 Å². The van der Waals surface area contributed by atoms with Crippen LogP contribution >= 0.6 is 0 Å². The zero-order valence-electron chi connectivity index (χ0n) is 10.7. The molecule has 2 N–H and O–H groups in total. The predicted molar refractivity (Wildman–Crippen MR) is 75.9 cm³/mol. The SMILES string of the molecule is Oc1ccc(N(CC2CC2)c2ccc(O)cc2)cc1. The first-order valence-corrected chi connectivity index (χ1v) is 6.58. The Morgan fingerprint density at radius 2 is 1.21 bits per heavy atom. The Morgan fingerprint density at radius 3 is 1.58 bits per heavy atom. The highest BCUT2D eigenvalue weighted by atomic mass is 16.3. The Balaban J connectivity index is 1.91. The maximum Gasteiger partial charge on any atom is 0.115 e. The number of benzene rings is 2. The summed E-state index contributed by atoms with van der Waals surface area (Å²) in [7, 11) is 0. The highest BCUT2D eigenvalue weighted by Crippen LogP contribution is 2.36. The van der Waals surface area contributed by atoms with Crippen molar-refractivity contribution in [2.75, 3.05) is 11.4 Å². The Labute approximate surface area is 112 Å². The number of phenolic OH excluding ortho intramolecular Hbond substituents is 2. The highest BCUT2D eigenvalue weighted by molar-refractivity contribution is 5.64. The molecule has 2 aromatic carbocycles. The lowest BCUT2D eigenvalue weighted by atomic mass is 10.2. The number of hydrogen-bond acceptors (Lipinski definition) is 3. The quantitative estimate of drug-likeness (QED) is 0.876. The molecule has 3 heteroatoms. The number of phenols is 2. The van der Waals surface area contributed by atoms with Crippen LogP contribution < -0.4 is 4.90 Å². The van der Waals surface area contributed by atoms with Crippen LogP contribution in [0.3, 0.4) is 0 Å². The van der Waals surface area contributed by atoms with Crippen molar-refractivity contribution in [3.05, 3.63) is 48.5 Å². The summed E-state index contributed by atoms with van der Waals surface area (Å²) < 4.78 is 0. The minimum atomic E-state index is 0.279. The molecule has 19 heavy (non-hydrogen) atoms. The van der Waals surface area contributed by atoms with Crippen molar-refractivity contribution in [3.8, 4) is 11.5 Å². The molecule has 0 amide bonds. The van der Waals surface area contributed by atoms with Gasteiger partial charge in [-0.15, -0.1) is 0 Å². The number of aromatic hydroxyl groups is 2. The highest BCUT2D eigenvalue weighted by Gasteiger charge is 2.25.